The molecule has 0 spiro atoms. The first-order chi connectivity index (χ1) is 5.29. The molecule has 0 atom stereocenters. The number of hydrogen-bond donors (Lipinski definition) is 2. The average molecular weight is 148 g/mol. The molecule has 0 radical (unpaired) electrons. The lowest BCUT2D eigenvalue weighted by Crippen LogP contribution is -1.93. The van der Waals surface area contributed by atoms with E-state index in [0.717, 1.165) is 5.52 Å². The summed E-state index contributed by atoms with van der Waals surface area (Å²) in [6.45, 7) is 0. The Morgan fingerprint density at radius 2 is 2.09 bits per heavy atom. The Labute approximate surface area is 63.4 Å². The van der Waals surface area contributed by atoms with Crippen molar-refractivity contribution in [2.24, 2.45) is 0 Å². The third-order valence-corrected chi connectivity index (χ3v) is 1.60. The number of nitrogens with zero attached hydrogens (tertiary/aromatic N) is 2. The molecule has 0 fully saturated rings. The predicted molar refractivity (Wildman–Crippen MR) is 44.0 cm³/mol. The molecule has 2 rings (SSSR count). The standard InChI is InChI=1S/C7H8N4/c8-5-2-1-3-11-7(5)6(9)4-10-11/h1-4H,8-9H2. The molecule has 2 aromatic heterocycles. The third-order valence-electron chi connectivity index (χ3n) is 1.60. The quantitative estimate of drug-likeness (QED) is 0.571. The Balaban J connectivity index is 2.96. The van der Waals surface area contributed by atoms with Crippen LogP contribution in [0.5, 0.6) is 0 Å². The first kappa shape index (κ1) is 6.03. The van der Waals surface area contributed by atoms with Crippen molar-refractivity contribution in [2.45, 2.75) is 0 Å². The molecule has 2 aromatic rings. The first-order valence-electron chi connectivity index (χ1n) is 3.26. The van der Waals surface area contributed by atoms with Crippen LogP contribution < -0.4 is 11.5 Å². The van der Waals surface area contributed by atoms with E-state index in [4.69, 9.17) is 11.5 Å². The molecule has 0 amide bonds. The maximum absolute atomic E-state index is 5.66. The van der Waals surface area contributed by atoms with Gasteiger partial charge in [-0.05, 0) is 12.1 Å². The van der Waals surface area contributed by atoms with Crippen LogP contribution in [-0.4, -0.2) is 9.61 Å². The van der Waals surface area contributed by atoms with Gasteiger partial charge in [-0.3, -0.25) is 0 Å². The van der Waals surface area contributed by atoms with Crippen molar-refractivity contribution in [2.75, 3.05) is 11.5 Å². The molecule has 0 aliphatic rings. The van der Waals surface area contributed by atoms with Gasteiger partial charge in [-0.15, -0.1) is 0 Å². The summed E-state index contributed by atoms with van der Waals surface area (Å²) in [5, 5.41) is 3.99. The van der Waals surface area contributed by atoms with Crippen molar-refractivity contribution >= 4 is 16.9 Å². The zero-order chi connectivity index (χ0) is 7.84. The van der Waals surface area contributed by atoms with Crippen LogP contribution in [0, 0.1) is 0 Å². The number of nitrogen functional groups attached to an aromatic ring is 2. The Kier molecular flexibility index (Phi) is 1.03. The molecular formula is C7H8N4. The minimum Gasteiger partial charge on any atom is -0.397 e. The summed E-state index contributed by atoms with van der Waals surface area (Å²) in [4.78, 5) is 0. The van der Waals surface area contributed by atoms with Gasteiger partial charge < -0.3 is 11.5 Å². The molecule has 0 saturated carbocycles. The number of fused-ring (bicyclic) bond motifs is 1. The fraction of sp³-hybridized carbons (Fsp3) is 0. The van der Waals surface area contributed by atoms with Crippen LogP contribution in [-0.2, 0) is 0 Å². The Morgan fingerprint density at radius 3 is 2.82 bits per heavy atom. The number of rotatable bonds is 0. The van der Waals surface area contributed by atoms with Gasteiger partial charge in [-0.2, -0.15) is 5.10 Å². The molecule has 56 valence electrons. The van der Waals surface area contributed by atoms with Gasteiger partial charge in [0, 0.05) is 6.20 Å². The molecule has 0 aromatic carbocycles. The van der Waals surface area contributed by atoms with E-state index in [0.29, 0.717) is 11.4 Å². The Morgan fingerprint density at radius 1 is 1.27 bits per heavy atom. The van der Waals surface area contributed by atoms with E-state index in [9.17, 15) is 0 Å². The molecule has 0 bridgehead atoms. The summed E-state index contributed by atoms with van der Waals surface area (Å²) < 4.78 is 1.66. The number of aromatic nitrogens is 2. The lowest BCUT2D eigenvalue weighted by molar-refractivity contribution is 0.962. The summed E-state index contributed by atoms with van der Waals surface area (Å²) >= 11 is 0. The van der Waals surface area contributed by atoms with Gasteiger partial charge in [-0.1, -0.05) is 0 Å². The van der Waals surface area contributed by atoms with E-state index in [2.05, 4.69) is 5.10 Å². The molecule has 4 nitrogen and oxygen atoms in total. The maximum Gasteiger partial charge on any atom is 0.112 e. The highest BCUT2D eigenvalue weighted by Crippen LogP contribution is 2.18. The molecule has 2 heterocycles. The highest BCUT2D eigenvalue weighted by molar-refractivity contribution is 5.81. The second kappa shape index (κ2) is 1.88. The van der Waals surface area contributed by atoms with Gasteiger partial charge in [0.25, 0.3) is 0 Å². The van der Waals surface area contributed by atoms with E-state index in [1.807, 2.05) is 12.3 Å². The molecule has 0 saturated heterocycles. The van der Waals surface area contributed by atoms with E-state index in [1.54, 1.807) is 16.8 Å². The number of anilines is 2. The largest absolute Gasteiger partial charge is 0.397 e. The summed E-state index contributed by atoms with van der Waals surface area (Å²) in [7, 11) is 0. The highest BCUT2D eigenvalue weighted by atomic mass is 15.2. The third kappa shape index (κ3) is 0.724. The van der Waals surface area contributed by atoms with Crippen molar-refractivity contribution in [1.29, 1.82) is 0 Å². The van der Waals surface area contributed by atoms with Gasteiger partial charge in [0.05, 0.1) is 17.6 Å². The molecule has 0 aliphatic heterocycles. The second-order valence-electron chi connectivity index (χ2n) is 2.36. The van der Waals surface area contributed by atoms with E-state index in [1.165, 1.54) is 0 Å². The summed E-state index contributed by atoms with van der Waals surface area (Å²) in [6, 6.07) is 3.63. The van der Waals surface area contributed by atoms with Crippen LogP contribution in [0.2, 0.25) is 0 Å². The van der Waals surface area contributed by atoms with Crippen LogP contribution in [0.1, 0.15) is 0 Å². The maximum atomic E-state index is 5.66. The SMILES string of the molecule is Nc1cccn2ncc(N)c12. The highest BCUT2D eigenvalue weighted by Gasteiger charge is 2.01. The normalized spacial score (nSPS) is 10.5. The fourth-order valence-corrected chi connectivity index (χ4v) is 1.09. The summed E-state index contributed by atoms with van der Waals surface area (Å²) in [5.41, 5.74) is 13.3. The van der Waals surface area contributed by atoms with Crippen molar-refractivity contribution in [3.05, 3.63) is 24.5 Å². The van der Waals surface area contributed by atoms with Gasteiger partial charge in [0.2, 0.25) is 0 Å². The molecule has 4 N–H and O–H groups in total. The lowest BCUT2D eigenvalue weighted by atomic mass is 10.3. The first-order valence-corrected chi connectivity index (χ1v) is 3.26. The topological polar surface area (TPSA) is 69.3 Å². The predicted octanol–water partition coefficient (Wildman–Crippen LogP) is 0.499. The van der Waals surface area contributed by atoms with E-state index in [-0.39, 0.29) is 0 Å². The van der Waals surface area contributed by atoms with Gasteiger partial charge in [0.1, 0.15) is 5.52 Å². The minimum atomic E-state index is 0.614. The fourth-order valence-electron chi connectivity index (χ4n) is 1.09. The van der Waals surface area contributed by atoms with Crippen molar-refractivity contribution < 1.29 is 0 Å². The Bertz CT molecular complexity index is 390. The smallest absolute Gasteiger partial charge is 0.112 e. The van der Waals surface area contributed by atoms with Crippen LogP contribution in [0.3, 0.4) is 0 Å². The molecule has 0 aliphatic carbocycles. The minimum absolute atomic E-state index is 0.614. The van der Waals surface area contributed by atoms with Crippen molar-refractivity contribution in [3.8, 4) is 0 Å². The zero-order valence-electron chi connectivity index (χ0n) is 5.86. The molecular weight excluding hydrogens is 140 g/mol. The van der Waals surface area contributed by atoms with Crippen LogP contribution >= 0.6 is 0 Å². The van der Waals surface area contributed by atoms with Gasteiger partial charge in [0.15, 0.2) is 0 Å². The number of pyridine rings is 1. The van der Waals surface area contributed by atoms with E-state index < -0.39 is 0 Å². The number of hydrogen-bond acceptors (Lipinski definition) is 3. The van der Waals surface area contributed by atoms with Crippen molar-refractivity contribution in [1.82, 2.24) is 9.61 Å². The van der Waals surface area contributed by atoms with Crippen LogP contribution in [0.15, 0.2) is 24.5 Å². The monoisotopic (exact) mass is 148 g/mol. The Hall–Kier alpha value is -1.71. The van der Waals surface area contributed by atoms with Crippen LogP contribution in [0.25, 0.3) is 5.52 Å². The zero-order valence-corrected chi connectivity index (χ0v) is 5.86. The van der Waals surface area contributed by atoms with E-state index >= 15 is 0 Å². The lowest BCUT2D eigenvalue weighted by Gasteiger charge is -1.96. The second-order valence-corrected chi connectivity index (χ2v) is 2.36. The molecule has 11 heavy (non-hydrogen) atoms. The summed E-state index contributed by atoms with van der Waals surface area (Å²) in [5.74, 6) is 0. The van der Waals surface area contributed by atoms with Crippen LogP contribution in [0.4, 0.5) is 11.4 Å². The summed E-state index contributed by atoms with van der Waals surface area (Å²) in [6.07, 6.45) is 3.40. The van der Waals surface area contributed by atoms with Gasteiger partial charge in [-0.25, -0.2) is 4.52 Å². The number of nitrogens with two attached hydrogens (primary N) is 2. The van der Waals surface area contributed by atoms with Gasteiger partial charge >= 0.3 is 0 Å². The average Bonchev–Trinajstić information content (AvgIpc) is 2.34. The molecule has 0 unspecified atom stereocenters. The van der Waals surface area contributed by atoms with Crippen molar-refractivity contribution in [3.63, 3.8) is 0 Å². The molecule has 4 heteroatoms.